The Morgan fingerprint density at radius 2 is 1.72 bits per heavy atom. The lowest BCUT2D eigenvalue weighted by Crippen LogP contribution is -2.44. The van der Waals surface area contributed by atoms with Crippen LogP contribution < -0.4 is 4.72 Å². The van der Waals surface area contributed by atoms with Crippen molar-refractivity contribution in [2.75, 3.05) is 13.1 Å². The molecule has 6 heteroatoms. The third-order valence-corrected chi connectivity index (χ3v) is 7.68. The first-order chi connectivity index (χ1) is 14.0. The van der Waals surface area contributed by atoms with Crippen molar-refractivity contribution >= 4 is 15.9 Å². The second-order valence-corrected chi connectivity index (χ2v) is 9.95. The lowest BCUT2D eigenvalue weighted by atomic mass is 9.75. The van der Waals surface area contributed by atoms with E-state index in [4.69, 9.17) is 0 Å². The van der Waals surface area contributed by atoms with Crippen molar-refractivity contribution in [1.29, 1.82) is 0 Å². The topological polar surface area (TPSA) is 66.5 Å². The van der Waals surface area contributed by atoms with Crippen molar-refractivity contribution in [3.8, 4) is 0 Å². The summed E-state index contributed by atoms with van der Waals surface area (Å²) in [5, 5.41) is 0. The molecule has 1 saturated heterocycles. The first-order valence-electron chi connectivity index (χ1n) is 10.5. The summed E-state index contributed by atoms with van der Waals surface area (Å²) in [6.07, 6.45) is 6.11. The van der Waals surface area contributed by atoms with Gasteiger partial charge in [-0.15, -0.1) is 0 Å². The number of nitrogens with zero attached hydrogens (tertiary/aromatic N) is 1. The van der Waals surface area contributed by atoms with Gasteiger partial charge in [-0.2, -0.15) is 0 Å². The number of hydrogen-bond acceptors (Lipinski definition) is 3. The SMILES string of the molecule is O=C(c1cccc(S(=O)(=O)NCc2ccccc2)c1)N1CC[C@H]2CCCC[C@@H]2C1. The highest BCUT2D eigenvalue weighted by Gasteiger charge is 2.33. The molecule has 2 aromatic carbocycles. The minimum Gasteiger partial charge on any atom is -0.338 e. The van der Waals surface area contributed by atoms with Gasteiger partial charge in [-0.05, 0) is 48.4 Å². The number of piperidine rings is 1. The summed E-state index contributed by atoms with van der Waals surface area (Å²) in [6, 6.07) is 15.8. The molecule has 1 heterocycles. The smallest absolute Gasteiger partial charge is 0.253 e. The van der Waals surface area contributed by atoms with Gasteiger partial charge in [0.1, 0.15) is 0 Å². The zero-order chi connectivity index (χ0) is 20.3. The summed E-state index contributed by atoms with van der Waals surface area (Å²) >= 11 is 0. The fourth-order valence-corrected chi connectivity index (χ4v) is 5.68. The number of hydrogen-bond donors (Lipinski definition) is 1. The number of fused-ring (bicyclic) bond motifs is 1. The highest BCUT2D eigenvalue weighted by atomic mass is 32.2. The summed E-state index contributed by atoms with van der Waals surface area (Å²) in [4.78, 5) is 15.1. The molecule has 2 aliphatic rings. The lowest BCUT2D eigenvalue weighted by molar-refractivity contribution is 0.0520. The minimum absolute atomic E-state index is 0.0610. The second-order valence-electron chi connectivity index (χ2n) is 8.18. The summed E-state index contributed by atoms with van der Waals surface area (Å²) in [7, 11) is -3.68. The van der Waals surface area contributed by atoms with E-state index >= 15 is 0 Å². The van der Waals surface area contributed by atoms with E-state index in [1.54, 1.807) is 12.1 Å². The Morgan fingerprint density at radius 1 is 0.966 bits per heavy atom. The Kier molecular flexibility index (Phi) is 6.01. The molecule has 0 unspecified atom stereocenters. The number of carbonyl (C=O) groups is 1. The van der Waals surface area contributed by atoms with Crippen LogP contribution in [0.4, 0.5) is 0 Å². The van der Waals surface area contributed by atoms with Gasteiger partial charge in [0, 0.05) is 25.2 Å². The van der Waals surface area contributed by atoms with E-state index in [2.05, 4.69) is 4.72 Å². The number of sulfonamides is 1. The maximum atomic E-state index is 13.0. The quantitative estimate of drug-likeness (QED) is 0.812. The van der Waals surface area contributed by atoms with Gasteiger partial charge in [0.25, 0.3) is 5.91 Å². The highest BCUT2D eigenvalue weighted by molar-refractivity contribution is 7.89. The summed E-state index contributed by atoms with van der Waals surface area (Å²) < 4.78 is 28.0. The highest BCUT2D eigenvalue weighted by Crippen LogP contribution is 2.36. The van der Waals surface area contributed by atoms with Crippen LogP contribution in [0.3, 0.4) is 0 Å². The molecule has 5 nitrogen and oxygen atoms in total. The Hall–Kier alpha value is -2.18. The molecule has 1 aliphatic carbocycles. The standard InChI is InChI=1S/C23H28N2O3S/c26-23(25-14-13-19-9-4-5-10-21(19)17-25)20-11-6-12-22(15-20)29(27,28)24-16-18-7-2-1-3-8-18/h1-3,6-8,11-12,15,19,21,24H,4-5,9-10,13-14,16-17H2/t19-,21-/m1/s1. The van der Waals surface area contributed by atoms with Gasteiger partial charge in [0.05, 0.1) is 4.90 Å². The molecule has 1 saturated carbocycles. The van der Waals surface area contributed by atoms with Crippen molar-refractivity contribution in [1.82, 2.24) is 9.62 Å². The molecule has 2 atom stereocenters. The zero-order valence-electron chi connectivity index (χ0n) is 16.6. The molecule has 4 rings (SSSR count). The van der Waals surface area contributed by atoms with Crippen molar-refractivity contribution in [3.05, 3.63) is 65.7 Å². The molecule has 0 radical (unpaired) electrons. The van der Waals surface area contributed by atoms with Crippen molar-refractivity contribution in [2.24, 2.45) is 11.8 Å². The molecule has 1 N–H and O–H groups in total. The Bertz CT molecular complexity index is 959. The average molecular weight is 413 g/mol. The van der Waals surface area contributed by atoms with Crippen LogP contribution in [0, 0.1) is 11.8 Å². The number of amides is 1. The molecular formula is C23H28N2O3S. The second kappa shape index (κ2) is 8.67. The summed E-state index contributed by atoms with van der Waals surface area (Å²) in [6.45, 7) is 1.78. The van der Waals surface area contributed by atoms with Crippen LogP contribution in [0.5, 0.6) is 0 Å². The van der Waals surface area contributed by atoms with Crippen LogP contribution in [0.25, 0.3) is 0 Å². The molecule has 0 bridgehead atoms. The van der Waals surface area contributed by atoms with Crippen molar-refractivity contribution < 1.29 is 13.2 Å². The number of benzene rings is 2. The number of nitrogens with one attached hydrogen (secondary N) is 1. The van der Waals surface area contributed by atoms with E-state index < -0.39 is 10.0 Å². The van der Waals surface area contributed by atoms with Crippen LogP contribution in [0.1, 0.15) is 48.0 Å². The largest absolute Gasteiger partial charge is 0.338 e. The van der Waals surface area contributed by atoms with Gasteiger partial charge >= 0.3 is 0 Å². The Balaban J connectivity index is 1.45. The molecule has 1 aliphatic heterocycles. The molecular weight excluding hydrogens is 384 g/mol. The molecule has 154 valence electrons. The van der Waals surface area contributed by atoms with E-state index in [1.807, 2.05) is 35.2 Å². The average Bonchev–Trinajstić information content (AvgIpc) is 2.78. The van der Waals surface area contributed by atoms with Gasteiger partial charge in [0.15, 0.2) is 0 Å². The van der Waals surface area contributed by atoms with Gasteiger partial charge in [-0.25, -0.2) is 13.1 Å². The van der Waals surface area contributed by atoms with Crippen LogP contribution in [-0.4, -0.2) is 32.3 Å². The third-order valence-electron chi connectivity index (χ3n) is 6.28. The van der Waals surface area contributed by atoms with E-state index in [0.29, 0.717) is 11.5 Å². The summed E-state index contributed by atoms with van der Waals surface area (Å²) in [5.41, 5.74) is 1.33. The Labute approximate surface area is 173 Å². The maximum absolute atomic E-state index is 13.0. The predicted molar refractivity (Wildman–Crippen MR) is 113 cm³/mol. The van der Waals surface area contributed by atoms with Crippen LogP contribution in [0.2, 0.25) is 0 Å². The molecule has 1 amide bonds. The first kappa shape index (κ1) is 20.1. The molecule has 2 fully saturated rings. The number of likely N-dealkylation sites (tertiary alicyclic amines) is 1. The molecule has 29 heavy (non-hydrogen) atoms. The normalized spacial score (nSPS) is 22.1. The van der Waals surface area contributed by atoms with E-state index in [-0.39, 0.29) is 17.3 Å². The molecule has 2 aromatic rings. The minimum atomic E-state index is -3.68. The number of carbonyl (C=O) groups excluding carboxylic acids is 1. The lowest BCUT2D eigenvalue weighted by Gasteiger charge is -2.41. The van der Waals surface area contributed by atoms with Crippen molar-refractivity contribution in [3.63, 3.8) is 0 Å². The number of rotatable bonds is 5. The zero-order valence-corrected chi connectivity index (χ0v) is 17.4. The van der Waals surface area contributed by atoms with Crippen LogP contribution in [0.15, 0.2) is 59.5 Å². The van der Waals surface area contributed by atoms with Gasteiger partial charge in [-0.3, -0.25) is 4.79 Å². The summed E-state index contributed by atoms with van der Waals surface area (Å²) in [5.74, 6) is 1.29. The van der Waals surface area contributed by atoms with Crippen LogP contribution >= 0.6 is 0 Å². The Morgan fingerprint density at radius 3 is 2.52 bits per heavy atom. The molecule has 0 spiro atoms. The molecule has 0 aromatic heterocycles. The maximum Gasteiger partial charge on any atom is 0.253 e. The van der Waals surface area contributed by atoms with E-state index in [0.717, 1.165) is 31.0 Å². The monoisotopic (exact) mass is 412 g/mol. The van der Waals surface area contributed by atoms with Gasteiger partial charge < -0.3 is 4.90 Å². The van der Waals surface area contributed by atoms with Gasteiger partial charge in [0.2, 0.25) is 10.0 Å². The van der Waals surface area contributed by atoms with Crippen LogP contribution in [-0.2, 0) is 16.6 Å². The van der Waals surface area contributed by atoms with E-state index in [1.165, 1.54) is 37.8 Å². The fourth-order valence-electron chi connectivity index (χ4n) is 4.62. The van der Waals surface area contributed by atoms with E-state index in [9.17, 15) is 13.2 Å². The predicted octanol–water partition coefficient (Wildman–Crippen LogP) is 3.82. The van der Waals surface area contributed by atoms with Crippen molar-refractivity contribution in [2.45, 2.75) is 43.5 Å². The first-order valence-corrected chi connectivity index (χ1v) is 11.9. The van der Waals surface area contributed by atoms with Gasteiger partial charge in [-0.1, -0.05) is 55.7 Å². The fraction of sp³-hybridized carbons (Fsp3) is 0.435. The third kappa shape index (κ3) is 4.70.